The van der Waals surface area contributed by atoms with Gasteiger partial charge in [-0.3, -0.25) is 4.79 Å². The zero-order chi connectivity index (χ0) is 14.7. The van der Waals surface area contributed by atoms with E-state index in [2.05, 4.69) is 5.32 Å². The quantitative estimate of drug-likeness (QED) is 0.925. The fraction of sp³-hybridized carbons (Fsp3) is 0.312. The molecule has 5 heteroatoms. The normalized spacial score (nSPS) is 17.9. The van der Waals surface area contributed by atoms with Gasteiger partial charge in [0.05, 0.1) is 11.0 Å². The second kappa shape index (κ2) is 6.60. The standard InChI is InChI=1S/C16H16ClNO2S/c17-13-5-3-11(4-6-13)12-8-15(21-10-12)16(19)18-9-14-2-1-7-20-14/h3-6,8,10,14H,1-2,7,9H2,(H,18,19). The fourth-order valence-corrected chi connectivity index (χ4v) is 3.31. The molecule has 0 spiro atoms. The summed E-state index contributed by atoms with van der Waals surface area (Å²) in [6.45, 7) is 1.40. The first kappa shape index (κ1) is 14.6. The van der Waals surface area contributed by atoms with E-state index in [0.29, 0.717) is 11.6 Å². The summed E-state index contributed by atoms with van der Waals surface area (Å²) in [4.78, 5) is 12.8. The number of halogens is 1. The molecule has 3 nitrogen and oxygen atoms in total. The molecule has 110 valence electrons. The minimum Gasteiger partial charge on any atom is -0.376 e. The van der Waals surface area contributed by atoms with Gasteiger partial charge in [0.25, 0.3) is 5.91 Å². The Labute approximate surface area is 132 Å². The Morgan fingerprint density at radius 3 is 2.86 bits per heavy atom. The molecule has 1 N–H and O–H groups in total. The molecule has 1 unspecified atom stereocenters. The number of hydrogen-bond donors (Lipinski definition) is 1. The number of amides is 1. The van der Waals surface area contributed by atoms with Gasteiger partial charge in [-0.2, -0.15) is 0 Å². The molecule has 21 heavy (non-hydrogen) atoms. The lowest BCUT2D eigenvalue weighted by Crippen LogP contribution is -2.31. The molecule has 1 aliphatic rings. The molecule has 2 aromatic rings. The third-order valence-corrected chi connectivity index (χ3v) is 4.70. The van der Waals surface area contributed by atoms with Crippen molar-refractivity contribution in [2.75, 3.05) is 13.2 Å². The van der Waals surface area contributed by atoms with Crippen LogP contribution in [0.2, 0.25) is 5.02 Å². The monoisotopic (exact) mass is 321 g/mol. The maximum atomic E-state index is 12.1. The predicted molar refractivity (Wildman–Crippen MR) is 86.1 cm³/mol. The van der Waals surface area contributed by atoms with E-state index in [4.69, 9.17) is 16.3 Å². The molecule has 1 saturated heterocycles. The second-order valence-electron chi connectivity index (χ2n) is 5.05. The highest BCUT2D eigenvalue weighted by molar-refractivity contribution is 7.12. The van der Waals surface area contributed by atoms with Crippen molar-refractivity contribution < 1.29 is 9.53 Å². The van der Waals surface area contributed by atoms with Crippen LogP contribution in [0.25, 0.3) is 11.1 Å². The largest absolute Gasteiger partial charge is 0.376 e. The van der Waals surface area contributed by atoms with E-state index in [1.807, 2.05) is 35.7 Å². The van der Waals surface area contributed by atoms with Crippen LogP contribution in [0, 0.1) is 0 Å². The third kappa shape index (κ3) is 3.64. The third-order valence-electron chi connectivity index (χ3n) is 3.52. The van der Waals surface area contributed by atoms with Crippen molar-refractivity contribution in [3.05, 3.63) is 45.6 Å². The van der Waals surface area contributed by atoms with E-state index in [-0.39, 0.29) is 12.0 Å². The first-order valence-corrected chi connectivity index (χ1v) is 8.22. The van der Waals surface area contributed by atoms with E-state index in [1.54, 1.807) is 0 Å². The van der Waals surface area contributed by atoms with E-state index >= 15 is 0 Å². The van der Waals surface area contributed by atoms with Gasteiger partial charge in [0.2, 0.25) is 0 Å². The molecule has 1 atom stereocenters. The van der Waals surface area contributed by atoms with E-state index < -0.39 is 0 Å². The summed E-state index contributed by atoms with van der Waals surface area (Å²) in [6, 6.07) is 9.53. The van der Waals surface area contributed by atoms with Gasteiger partial charge in [0, 0.05) is 18.2 Å². The number of thiophene rings is 1. The van der Waals surface area contributed by atoms with E-state index in [0.717, 1.165) is 35.5 Å². The lowest BCUT2D eigenvalue weighted by atomic mass is 10.1. The number of nitrogens with one attached hydrogen (secondary N) is 1. The average Bonchev–Trinajstić information content (AvgIpc) is 3.17. The van der Waals surface area contributed by atoms with E-state index in [1.165, 1.54) is 11.3 Å². The number of ether oxygens (including phenoxy) is 1. The number of carbonyl (C=O) groups excluding carboxylic acids is 1. The van der Waals surface area contributed by atoms with Crippen molar-refractivity contribution in [3.63, 3.8) is 0 Å². The highest BCUT2D eigenvalue weighted by atomic mass is 35.5. The molecular weight excluding hydrogens is 306 g/mol. The van der Waals surface area contributed by atoms with Gasteiger partial charge in [0.1, 0.15) is 0 Å². The van der Waals surface area contributed by atoms with Crippen molar-refractivity contribution >= 4 is 28.8 Å². The second-order valence-corrected chi connectivity index (χ2v) is 6.40. The highest BCUT2D eigenvalue weighted by Crippen LogP contribution is 2.26. The summed E-state index contributed by atoms with van der Waals surface area (Å²) in [5, 5.41) is 5.64. The van der Waals surface area contributed by atoms with Gasteiger partial charge < -0.3 is 10.1 Å². The molecule has 2 heterocycles. The van der Waals surface area contributed by atoms with Gasteiger partial charge in [-0.25, -0.2) is 0 Å². The van der Waals surface area contributed by atoms with Crippen LogP contribution < -0.4 is 5.32 Å². The Bertz CT molecular complexity index is 617. The fourth-order valence-electron chi connectivity index (χ4n) is 2.35. The summed E-state index contributed by atoms with van der Waals surface area (Å²) in [5.74, 6) is -0.0317. The zero-order valence-corrected chi connectivity index (χ0v) is 13.0. The Balaban J connectivity index is 1.63. The Hall–Kier alpha value is -1.36. The van der Waals surface area contributed by atoms with Gasteiger partial charge in [-0.1, -0.05) is 23.7 Å². The van der Waals surface area contributed by atoms with Gasteiger partial charge in [0.15, 0.2) is 0 Å². The summed E-state index contributed by atoms with van der Waals surface area (Å²) in [5.41, 5.74) is 2.10. The van der Waals surface area contributed by atoms with Crippen LogP contribution in [-0.2, 0) is 4.74 Å². The first-order chi connectivity index (χ1) is 10.2. The van der Waals surface area contributed by atoms with Crippen molar-refractivity contribution in [2.45, 2.75) is 18.9 Å². The zero-order valence-electron chi connectivity index (χ0n) is 11.5. The summed E-state index contributed by atoms with van der Waals surface area (Å²) in [7, 11) is 0. The molecule has 3 rings (SSSR count). The number of rotatable bonds is 4. The van der Waals surface area contributed by atoms with Crippen LogP contribution >= 0.6 is 22.9 Å². The molecule has 1 fully saturated rings. The topological polar surface area (TPSA) is 38.3 Å². The van der Waals surface area contributed by atoms with Crippen LogP contribution in [0.15, 0.2) is 35.7 Å². The molecule has 1 aliphatic heterocycles. The van der Waals surface area contributed by atoms with Crippen LogP contribution in [-0.4, -0.2) is 25.2 Å². The number of carbonyl (C=O) groups is 1. The van der Waals surface area contributed by atoms with Crippen molar-refractivity contribution in [1.29, 1.82) is 0 Å². The van der Waals surface area contributed by atoms with Crippen molar-refractivity contribution in [3.8, 4) is 11.1 Å². The van der Waals surface area contributed by atoms with Crippen molar-refractivity contribution in [2.24, 2.45) is 0 Å². The summed E-state index contributed by atoms with van der Waals surface area (Å²) < 4.78 is 5.50. The lowest BCUT2D eigenvalue weighted by molar-refractivity contribution is 0.0861. The smallest absolute Gasteiger partial charge is 0.261 e. The summed E-state index contributed by atoms with van der Waals surface area (Å²) in [6.07, 6.45) is 2.28. The van der Waals surface area contributed by atoms with Gasteiger partial charge >= 0.3 is 0 Å². The van der Waals surface area contributed by atoms with Crippen molar-refractivity contribution in [1.82, 2.24) is 5.32 Å². The van der Waals surface area contributed by atoms with Gasteiger partial charge in [-0.05, 0) is 47.5 Å². The average molecular weight is 322 g/mol. The van der Waals surface area contributed by atoms with Crippen LogP contribution in [0.5, 0.6) is 0 Å². The Kier molecular flexibility index (Phi) is 4.58. The molecule has 1 amide bonds. The maximum absolute atomic E-state index is 12.1. The first-order valence-electron chi connectivity index (χ1n) is 6.96. The van der Waals surface area contributed by atoms with Crippen LogP contribution in [0.4, 0.5) is 0 Å². The molecule has 0 radical (unpaired) electrons. The van der Waals surface area contributed by atoms with Crippen LogP contribution in [0.3, 0.4) is 0 Å². The Morgan fingerprint density at radius 1 is 1.33 bits per heavy atom. The molecular formula is C16H16ClNO2S. The Morgan fingerprint density at radius 2 is 2.14 bits per heavy atom. The SMILES string of the molecule is O=C(NCC1CCCO1)c1cc(-c2ccc(Cl)cc2)cs1. The molecule has 0 aliphatic carbocycles. The predicted octanol–water partition coefficient (Wildman–Crippen LogP) is 3.98. The number of hydrogen-bond acceptors (Lipinski definition) is 3. The molecule has 0 bridgehead atoms. The van der Waals surface area contributed by atoms with Gasteiger partial charge in [-0.15, -0.1) is 11.3 Å². The van der Waals surface area contributed by atoms with Crippen LogP contribution in [0.1, 0.15) is 22.5 Å². The summed E-state index contributed by atoms with van der Waals surface area (Å²) >= 11 is 7.34. The molecule has 0 saturated carbocycles. The minimum atomic E-state index is -0.0317. The molecule has 1 aromatic heterocycles. The highest BCUT2D eigenvalue weighted by Gasteiger charge is 2.17. The lowest BCUT2D eigenvalue weighted by Gasteiger charge is -2.09. The maximum Gasteiger partial charge on any atom is 0.261 e. The van der Waals surface area contributed by atoms with E-state index in [9.17, 15) is 4.79 Å². The molecule has 1 aromatic carbocycles. The minimum absolute atomic E-state index is 0.0317. The number of benzene rings is 1.